The van der Waals surface area contributed by atoms with Crippen LogP contribution >= 0.6 is 0 Å². The molecule has 0 amide bonds. The third-order valence-electron chi connectivity index (χ3n) is 11.4. The van der Waals surface area contributed by atoms with Crippen molar-refractivity contribution in [3.63, 3.8) is 0 Å². The van der Waals surface area contributed by atoms with Crippen molar-refractivity contribution in [3.05, 3.63) is 164 Å². The van der Waals surface area contributed by atoms with Crippen molar-refractivity contribution in [2.75, 3.05) is 4.90 Å². The van der Waals surface area contributed by atoms with Crippen molar-refractivity contribution >= 4 is 101 Å². The fourth-order valence-electron chi connectivity index (χ4n) is 9.07. The van der Waals surface area contributed by atoms with E-state index in [9.17, 15) is 0 Å². The summed E-state index contributed by atoms with van der Waals surface area (Å²) < 4.78 is 6.45. The molecule has 9 aromatic carbocycles. The molecule has 0 fully saturated rings. The molecule has 0 bridgehead atoms. The van der Waals surface area contributed by atoms with E-state index in [4.69, 9.17) is 4.42 Å². The van der Waals surface area contributed by atoms with Gasteiger partial charge in [0.15, 0.2) is 0 Å². The number of benzene rings is 9. The smallest absolute Gasteiger partial charge is 0.136 e. The highest BCUT2D eigenvalue weighted by molar-refractivity contribution is 7.04. The Balaban J connectivity index is 1.24. The lowest BCUT2D eigenvalue weighted by Gasteiger charge is -2.30. The largest absolute Gasteiger partial charge is 0.456 e. The number of anilines is 3. The van der Waals surface area contributed by atoms with E-state index < -0.39 is 8.07 Å². The van der Waals surface area contributed by atoms with Crippen LogP contribution in [0.15, 0.2) is 168 Å². The van der Waals surface area contributed by atoms with Crippen LogP contribution in [0.1, 0.15) is 0 Å². The summed E-state index contributed by atoms with van der Waals surface area (Å²) in [7, 11) is -2.14. The summed E-state index contributed by atoms with van der Waals surface area (Å²) in [4.78, 5) is 2.51. The van der Waals surface area contributed by atoms with Gasteiger partial charge in [0.05, 0.1) is 11.4 Å². The highest BCUT2D eigenvalue weighted by atomic mass is 28.3. The van der Waals surface area contributed by atoms with Crippen LogP contribution in [0.4, 0.5) is 17.1 Å². The number of para-hydroxylation sites is 2. The Morgan fingerprint density at radius 2 is 1.04 bits per heavy atom. The first-order valence-electron chi connectivity index (χ1n) is 17.8. The van der Waals surface area contributed by atoms with E-state index in [-0.39, 0.29) is 0 Å². The second-order valence-corrected chi connectivity index (χ2v) is 18.8. The van der Waals surface area contributed by atoms with Crippen LogP contribution in [-0.2, 0) is 0 Å². The molecule has 51 heavy (non-hydrogen) atoms. The van der Waals surface area contributed by atoms with Gasteiger partial charge in [-0.2, -0.15) is 0 Å². The van der Waals surface area contributed by atoms with Crippen molar-refractivity contribution in [3.8, 4) is 11.1 Å². The summed E-state index contributed by atoms with van der Waals surface area (Å²) in [5.74, 6) is 0. The van der Waals surface area contributed by atoms with Crippen LogP contribution < -0.4 is 15.3 Å². The fourth-order valence-corrected chi connectivity index (χ4v) is 12.1. The Hall–Kier alpha value is -6.16. The van der Waals surface area contributed by atoms with Crippen molar-refractivity contribution < 1.29 is 4.42 Å². The zero-order chi connectivity index (χ0) is 33.8. The molecule has 0 aliphatic carbocycles. The van der Waals surface area contributed by atoms with E-state index in [1.165, 1.54) is 86.7 Å². The minimum Gasteiger partial charge on any atom is -0.456 e. The standard InChI is InChI=1S/C48H33NOSi/c1-51(2)44-28-27-43-46(39-19-10-11-22-42(39)50-43)48(44)47-38-18-9-8-17-36(38)41(29-45(47)51)49(31-14-4-3-5-15-31)40-21-12-20-33-35-24-23-30-13-6-7-16-32(30)34(35)25-26-37(33)40/h3-29H,1-2H3. The highest BCUT2D eigenvalue weighted by Gasteiger charge is 2.41. The number of hydrogen-bond acceptors (Lipinski definition) is 2. The summed E-state index contributed by atoms with van der Waals surface area (Å²) in [6, 6.07) is 60.3. The van der Waals surface area contributed by atoms with Crippen LogP contribution in [0.5, 0.6) is 0 Å². The van der Waals surface area contributed by atoms with E-state index >= 15 is 0 Å². The zero-order valence-electron chi connectivity index (χ0n) is 28.4. The number of furan rings is 1. The summed E-state index contributed by atoms with van der Waals surface area (Å²) in [5.41, 5.74) is 8.18. The molecule has 1 aromatic heterocycles. The van der Waals surface area contributed by atoms with Crippen LogP contribution in [0.2, 0.25) is 13.1 Å². The van der Waals surface area contributed by atoms with Gasteiger partial charge in [-0.15, -0.1) is 0 Å². The first-order valence-corrected chi connectivity index (χ1v) is 20.8. The topological polar surface area (TPSA) is 16.4 Å². The quantitative estimate of drug-likeness (QED) is 0.138. The average molecular weight is 668 g/mol. The van der Waals surface area contributed by atoms with Gasteiger partial charge in [-0.3, -0.25) is 0 Å². The minimum absolute atomic E-state index is 0.946. The molecule has 10 aromatic rings. The van der Waals surface area contributed by atoms with Gasteiger partial charge in [0.2, 0.25) is 0 Å². The highest BCUT2D eigenvalue weighted by Crippen LogP contribution is 2.48. The van der Waals surface area contributed by atoms with Gasteiger partial charge < -0.3 is 9.32 Å². The van der Waals surface area contributed by atoms with Crippen molar-refractivity contribution in [1.82, 2.24) is 0 Å². The number of fused-ring (bicyclic) bond motifs is 14. The average Bonchev–Trinajstić information content (AvgIpc) is 3.67. The molecule has 2 nitrogen and oxygen atoms in total. The summed E-state index contributed by atoms with van der Waals surface area (Å²) in [6.45, 7) is 5.04. The molecule has 0 spiro atoms. The Kier molecular flexibility index (Phi) is 5.86. The summed E-state index contributed by atoms with van der Waals surface area (Å²) >= 11 is 0. The lowest BCUT2D eigenvalue weighted by Crippen LogP contribution is -2.49. The molecular weight excluding hydrogens is 635 g/mol. The lowest BCUT2D eigenvalue weighted by atomic mass is 9.93. The van der Waals surface area contributed by atoms with Crippen molar-refractivity contribution in [2.45, 2.75) is 13.1 Å². The van der Waals surface area contributed by atoms with E-state index in [1.54, 1.807) is 0 Å². The van der Waals surface area contributed by atoms with Crippen molar-refractivity contribution in [1.29, 1.82) is 0 Å². The molecule has 3 heteroatoms. The molecule has 0 N–H and O–H groups in total. The third-order valence-corrected chi connectivity index (χ3v) is 14.9. The lowest BCUT2D eigenvalue weighted by molar-refractivity contribution is 0.669. The number of hydrogen-bond donors (Lipinski definition) is 0. The second kappa shape index (κ2) is 10.4. The van der Waals surface area contributed by atoms with Crippen LogP contribution in [0.3, 0.4) is 0 Å². The first kappa shape index (κ1) is 28.7. The van der Waals surface area contributed by atoms with E-state index in [1.807, 2.05) is 0 Å². The third kappa shape index (κ3) is 3.92. The Bertz CT molecular complexity index is 3070. The van der Waals surface area contributed by atoms with E-state index in [0.29, 0.717) is 0 Å². The molecule has 1 aliphatic rings. The Labute approximate surface area is 296 Å². The predicted octanol–water partition coefficient (Wildman–Crippen LogP) is 12.5. The molecule has 0 radical (unpaired) electrons. The monoisotopic (exact) mass is 667 g/mol. The van der Waals surface area contributed by atoms with Crippen LogP contribution in [-0.4, -0.2) is 8.07 Å². The Morgan fingerprint density at radius 1 is 0.412 bits per heavy atom. The maximum atomic E-state index is 6.45. The normalized spacial score (nSPS) is 13.5. The van der Waals surface area contributed by atoms with Gasteiger partial charge in [0, 0.05) is 27.2 Å². The summed E-state index contributed by atoms with van der Waals surface area (Å²) in [5, 5.41) is 15.5. The molecular formula is C48H33NOSi. The Morgan fingerprint density at radius 3 is 1.90 bits per heavy atom. The van der Waals surface area contributed by atoms with Gasteiger partial charge >= 0.3 is 0 Å². The fraction of sp³-hybridized carbons (Fsp3) is 0.0417. The zero-order valence-corrected chi connectivity index (χ0v) is 29.4. The number of nitrogens with zero attached hydrogens (tertiary/aromatic N) is 1. The van der Waals surface area contributed by atoms with Gasteiger partial charge in [-0.05, 0) is 90.2 Å². The molecule has 2 heterocycles. The predicted molar refractivity (Wildman–Crippen MR) is 221 cm³/mol. The SMILES string of the molecule is C[Si]1(C)c2cc(N(c3ccccc3)c3cccc4c3ccc3c5ccccc5ccc43)c3ccccc3c2-c2c1ccc1oc3ccccc3c21. The van der Waals surface area contributed by atoms with Crippen LogP contribution in [0.25, 0.3) is 76.2 Å². The summed E-state index contributed by atoms with van der Waals surface area (Å²) in [6.07, 6.45) is 0. The molecule has 240 valence electrons. The van der Waals surface area contributed by atoms with E-state index in [0.717, 1.165) is 16.9 Å². The molecule has 0 atom stereocenters. The first-order chi connectivity index (χ1) is 25.1. The minimum atomic E-state index is -2.14. The molecule has 0 unspecified atom stereocenters. The maximum absolute atomic E-state index is 6.45. The second-order valence-electron chi connectivity index (χ2n) is 14.4. The maximum Gasteiger partial charge on any atom is 0.136 e. The van der Waals surface area contributed by atoms with E-state index in [2.05, 4.69) is 182 Å². The molecule has 1 aliphatic heterocycles. The van der Waals surface area contributed by atoms with Gasteiger partial charge in [-0.1, -0.05) is 140 Å². The van der Waals surface area contributed by atoms with Gasteiger partial charge in [-0.25, -0.2) is 0 Å². The van der Waals surface area contributed by atoms with Crippen LogP contribution in [0, 0.1) is 0 Å². The molecule has 0 saturated heterocycles. The number of rotatable bonds is 3. The molecule has 11 rings (SSSR count). The molecule has 0 saturated carbocycles. The van der Waals surface area contributed by atoms with Gasteiger partial charge in [0.1, 0.15) is 19.2 Å². The van der Waals surface area contributed by atoms with Crippen molar-refractivity contribution in [2.24, 2.45) is 0 Å². The van der Waals surface area contributed by atoms with Gasteiger partial charge in [0.25, 0.3) is 0 Å².